The molecule has 2 aromatic carbocycles. The Morgan fingerprint density at radius 3 is 2.59 bits per heavy atom. The molecule has 1 unspecified atom stereocenters. The molecule has 1 aliphatic heterocycles. The Hall–Kier alpha value is -3.54. The topological polar surface area (TPSA) is 80.0 Å². The Morgan fingerprint density at radius 2 is 1.88 bits per heavy atom. The van der Waals surface area contributed by atoms with Crippen LogP contribution < -0.4 is 4.74 Å². The molecule has 3 aromatic rings. The van der Waals surface area contributed by atoms with Crippen LogP contribution >= 0.6 is 0 Å². The molecule has 0 bridgehead atoms. The lowest BCUT2D eigenvalue weighted by Gasteiger charge is -2.32. The number of aliphatic hydroxyl groups is 1. The summed E-state index contributed by atoms with van der Waals surface area (Å²) in [6, 6.07) is 14.1. The number of Topliss-reactive ketones (excluding diaryl/α,β-unsaturated/α-hetero) is 1. The summed E-state index contributed by atoms with van der Waals surface area (Å²) in [5.74, 6) is -0.864. The number of carbonyl (C=O) groups excluding carboxylic acids is 2. The molecule has 6 heteroatoms. The quantitative estimate of drug-likeness (QED) is 0.557. The van der Waals surface area contributed by atoms with Crippen molar-refractivity contribution in [2.45, 2.75) is 44.7 Å². The van der Waals surface area contributed by atoms with E-state index in [0.29, 0.717) is 11.3 Å². The van der Waals surface area contributed by atoms with Crippen LogP contribution in [0.25, 0.3) is 11.0 Å². The van der Waals surface area contributed by atoms with Gasteiger partial charge in [0.1, 0.15) is 0 Å². The molecule has 6 nitrogen and oxygen atoms in total. The van der Waals surface area contributed by atoms with Crippen molar-refractivity contribution in [1.29, 1.82) is 0 Å². The number of hydrogen-bond donors (Lipinski definition) is 1. The van der Waals surface area contributed by atoms with E-state index < -0.39 is 23.5 Å². The van der Waals surface area contributed by atoms with E-state index in [0.717, 1.165) is 42.2 Å². The normalized spacial score (nSPS) is 19.4. The number of amides is 1. The molecule has 1 N–H and O–H groups in total. The summed E-state index contributed by atoms with van der Waals surface area (Å²) in [6.45, 7) is 1.97. The van der Waals surface area contributed by atoms with E-state index in [9.17, 15) is 14.7 Å². The molecule has 1 atom stereocenters. The average Bonchev–Trinajstić information content (AvgIpc) is 3.52. The number of methoxy groups -OCH3 is 1. The van der Waals surface area contributed by atoms with Gasteiger partial charge in [-0.25, -0.2) is 0 Å². The van der Waals surface area contributed by atoms with Gasteiger partial charge in [-0.3, -0.25) is 9.59 Å². The van der Waals surface area contributed by atoms with Crippen molar-refractivity contribution in [2.24, 2.45) is 0 Å². The van der Waals surface area contributed by atoms with Crippen molar-refractivity contribution < 1.29 is 23.8 Å². The van der Waals surface area contributed by atoms with E-state index in [-0.39, 0.29) is 17.4 Å². The van der Waals surface area contributed by atoms with Gasteiger partial charge in [-0.05, 0) is 37.5 Å². The lowest BCUT2D eigenvalue weighted by molar-refractivity contribution is -0.131. The minimum atomic E-state index is -0.645. The number of aliphatic hydroxyl groups excluding tert-OH is 1. The Labute approximate surface area is 186 Å². The van der Waals surface area contributed by atoms with E-state index in [1.165, 1.54) is 7.11 Å². The molecule has 1 aromatic heterocycles. The van der Waals surface area contributed by atoms with Crippen LogP contribution in [0.15, 0.2) is 64.3 Å². The minimum Gasteiger partial charge on any atom is -0.503 e. The van der Waals surface area contributed by atoms with Gasteiger partial charge in [0, 0.05) is 11.4 Å². The number of hydrogen-bond acceptors (Lipinski definition) is 5. The highest BCUT2D eigenvalue weighted by molar-refractivity contribution is 6.16. The van der Waals surface area contributed by atoms with Crippen molar-refractivity contribution in [1.82, 2.24) is 4.90 Å². The van der Waals surface area contributed by atoms with Crippen LogP contribution in [0.5, 0.6) is 5.75 Å². The second-order valence-corrected chi connectivity index (χ2v) is 8.55. The summed E-state index contributed by atoms with van der Waals surface area (Å²) in [5.41, 5.74) is 2.37. The molecule has 2 heterocycles. The van der Waals surface area contributed by atoms with E-state index in [4.69, 9.17) is 9.15 Å². The summed E-state index contributed by atoms with van der Waals surface area (Å²) in [5, 5.41) is 11.6. The van der Waals surface area contributed by atoms with Gasteiger partial charge in [0.25, 0.3) is 5.91 Å². The van der Waals surface area contributed by atoms with E-state index >= 15 is 0 Å². The summed E-state index contributed by atoms with van der Waals surface area (Å²) >= 11 is 0. The van der Waals surface area contributed by atoms with Crippen molar-refractivity contribution in [3.63, 3.8) is 0 Å². The first-order chi connectivity index (χ1) is 15.5. The van der Waals surface area contributed by atoms with Crippen molar-refractivity contribution in [3.8, 4) is 5.75 Å². The van der Waals surface area contributed by atoms with Crippen molar-refractivity contribution >= 4 is 22.7 Å². The summed E-state index contributed by atoms with van der Waals surface area (Å²) < 4.78 is 11.2. The Balaban J connectivity index is 1.63. The van der Waals surface area contributed by atoms with Crippen LogP contribution in [0.2, 0.25) is 0 Å². The number of benzene rings is 2. The van der Waals surface area contributed by atoms with Crippen LogP contribution in [0, 0.1) is 6.92 Å². The van der Waals surface area contributed by atoms with Crippen LogP contribution in [0.3, 0.4) is 0 Å². The maximum Gasteiger partial charge on any atom is 0.290 e. The molecule has 32 heavy (non-hydrogen) atoms. The fourth-order valence-corrected chi connectivity index (χ4v) is 5.02. The Kier molecular flexibility index (Phi) is 5.00. The zero-order valence-electron chi connectivity index (χ0n) is 18.1. The second-order valence-electron chi connectivity index (χ2n) is 8.55. The molecule has 1 fully saturated rings. The third kappa shape index (κ3) is 3.18. The third-order valence-electron chi connectivity index (χ3n) is 6.52. The van der Waals surface area contributed by atoms with Gasteiger partial charge >= 0.3 is 0 Å². The van der Waals surface area contributed by atoms with Gasteiger partial charge in [0.15, 0.2) is 22.9 Å². The fourth-order valence-electron chi connectivity index (χ4n) is 5.02. The molecule has 0 saturated heterocycles. The van der Waals surface area contributed by atoms with Crippen LogP contribution in [0.4, 0.5) is 0 Å². The average molecular weight is 431 g/mol. The number of para-hydroxylation sites is 1. The molecule has 1 aliphatic carbocycles. The molecular formula is C26H25NO5. The Morgan fingerprint density at radius 1 is 1.12 bits per heavy atom. The van der Waals surface area contributed by atoms with Gasteiger partial charge in [0.05, 0.1) is 18.7 Å². The predicted molar refractivity (Wildman–Crippen MR) is 120 cm³/mol. The maximum absolute atomic E-state index is 13.7. The third-order valence-corrected chi connectivity index (χ3v) is 6.52. The van der Waals surface area contributed by atoms with Gasteiger partial charge in [0.2, 0.25) is 5.78 Å². The smallest absolute Gasteiger partial charge is 0.290 e. The first-order valence-corrected chi connectivity index (χ1v) is 10.9. The van der Waals surface area contributed by atoms with Gasteiger partial charge < -0.3 is 19.2 Å². The standard InChI is InChI=1S/C26H25NO5/c1-15-7-5-8-16(13-15)22-21(24(29)26(30)27(22)18-10-3-4-11-18)23(28)20-14-17-9-6-12-19(31-2)25(17)32-20/h5-9,12-14,18,22,29H,3-4,10-11H2,1-2H3. The zero-order chi connectivity index (χ0) is 22.4. The molecule has 2 aliphatic rings. The maximum atomic E-state index is 13.7. The molecule has 1 amide bonds. The van der Waals surface area contributed by atoms with Gasteiger partial charge in [-0.1, -0.05) is 54.8 Å². The highest BCUT2D eigenvalue weighted by Crippen LogP contribution is 2.44. The lowest BCUT2D eigenvalue weighted by atomic mass is 9.93. The van der Waals surface area contributed by atoms with Crippen LogP contribution in [-0.4, -0.2) is 34.8 Å². The predicted octanol–water partition coefficient (Wildman–Crippen LogP) is 5.27. The number of fused-ring (bicyclic) bond motifs is 1. The molecular weight excluding hydrogens is 406 g/mol. The van der Waals surface area contributed by atoms with Crippen molar-refractivity contribution in [3.05, 3.63) is 76.8 Å². The highest BCUT2D eigenvalue weighted by atomic mass is 16.5. The van der Waals surface area contributed by atoms with E-state index in [2.05, 4.69) is 0 Å². The first kappa shape index (κ1) is 20.4. The summed E-state index contributed by atoms with van der Waals surface area (Å²) in [4.78, 5) is 28.6. The largest absolute Gasteiger partial charge is 0.503 e. The number of rotatable bonds is 5. The SMILES string of the molecule is COc1cccc2cc(C(=O)C3=C(O)C(=O)N(C4CCCC4)C3c3cccc(C)c3)oc12. The summed E-state index contributed by atoms with van der Waals surface area (Å²) in [6.07, 6.45) is 3.79. The number of furan rings is 1. The number of carbonyl (C=O) groups is 2. The monoisotopic (exact) mass is 431 g/mol. The fraction of sp³-hybridized carbons (Fsp3) is 0.308. The lowest BCUT2D eigenvalue weighted by Crippen LogP contribution is -2.38. The van der Waals surface area contributed by atoms with Crippen LogP contribution in [0.1, 0.15) is 53.4 Å². The molecule has 164 valence electrons. The number of ketones is 1. The van der Waals surface area contributed by atoms with Crippen LogP contribution in [-0.2, 0) is 4.79 Å². The summed E-state index contributed by atoms with van der Waals surface area (Å²) in [7, 11) is 1.54. The molecule has 0 spiro atoms. The first-order valence-electron chi connectivity index (χ1n) is 10.9. The Bertz CT molecular complexity index is 1250. The zero-order valence-corrected chi connectivity index (χ0v) is 18.1. The van der Waals surface area contributed by atoms with Gasteiger partial charge in [-0.15, -0.1) is 0 Å². The van der Waals surface area contributed by atoms with E-state index in [1.807, 2.05) is 43.3 Å². The van der Waals surface area contributed by atoms with E-state index in [1.54, 1.807) is 17.0 Å². The second kappa shape index (κ2) is 7.86. The van der Waals surface area contributed by atoms with Gasteiger partial charge in [-0.2, -0.15) is 0 Å². The van der Waals surface area contributed by atoms with Crippen molar-refractivity contribution in [2.75, 3.05) is 7.11 Å². The number of aryl methyl sites for hydroxylation is 1. The molecule has 5 rings (SSSR count). The highest BCUT2D eigenvalue weighted by Gasteiger charge is 2.47. The molecule has 1 saturated carbocycles. The molecule has 0 radical (unpaired) electrons. The minimum absolute atomic E-state index is 0.00349. The number of ether oxygens (including phenoxy) is 1. The number of nitrogens with zero attached hydrogens (tertiary/aromatic N) is 1.